The molecule has 0 aliphatic carbocycles. The van der Waals surface area contributed by atoms with E-state index >= 15 is 0 Å². The van der Waals surface area contributed by atoms with Crippen molar-refractivity contribution >= 4 is 22.8 Å². The van der Waals surface area contributed by atoms with Gasteiger partial charge in [0.2, 0.25) is 5.76 Å². The normalized spacial score (nSPS) is 10.6. The quantitative estimate of drug-likeness (QED) is 0.661. The van der Waals surface area contributed by atoms with Crippen LogP contribution in [0.1, 0.15) is 16.3 Å². The van der Waals surface area contributed by atoms with Gasteiger partial charge in [-0.2, -0.15) is 0 Å². The molecule has 7 heteroatoms. The van der Waals surface area contributed by atoms with Crippen LogP contribution in [0, 0.1) is 0 Å². The summed E-state index contributed by atoms with van der Waals surface area (Å²) < 4.78 is 15.5. The molecule has 2 aromatic heterocycles. The van der Waals surface area contributed by atoms with Crippen LogP contribution in [-0.4, -0.2) is 30.4 Å². The lowest BCUT2D eigenvalue weighted by atomic mass is 10.2. The smallest absolute Gasteiger partial charge is 0.374 e. The number of likely N-dealkylation sites (N-methyl/N-ethyl adjacent to an activating group) is 1. The molecular formula is C18H15NO6. The van der Waals surface area contributed by atoms with Crippen molar-refractivity contribution in [3.63, 3.8) is 0 Å². The molecule has 3 rings (SSSR count). The number of para-hydroxylation sites is 1. The molecule has 3 aromatic rings. The fourth-order valence-electron chi connectivity index (χ4n) is 2.24. The summed E-state index contributed by atoms with van der Waals surface area (Å²) in [5, 5.41) is 0.369. The third-order valence-corrected chi connectivity index (χ3v) is 3.56. The van der Waals surface area contributed by atoms with Crippen LogP contribution >= 0.6 is 0 Å². The summed E-state index contributed by atoms with van der Waals surface area (Å²) in [5.74, 6) is -0.914. The molecule has 128 valence electrons. The van der Waals surface area contributed by atoms with Gasteiger partial charge in [0.25, 0.3) is 5.91 Å². The van der Waals surface area contributed by atoms with E-state index in [1.54, 1.807) is 43.4 Å². The Bertz CT molecular complexity index is 957. The van der Waals surface area contributed by atoms with Gasteiger partial charge < -0.3 is 18.5 Å². The van der Waals surface area contributed by atoms with Gasteiger partial charge in [-0.3, -0.25) is 9.59 Å². The molecule has 0 N–H and O–H groups in total. The van der Waals surface area contributed by atoms with Gasteiger partial charge in [0, 0.05) is 13.1 Å². The first-order chi connectivity index (χ1) is 12.0. The molecule has 0 fully saturated rings. The minimum absolute atomic E-state index is 0.245. The summed E-state index contributed by atoms with van der Waals surface area (Å²) in [4.78, 5) is 37.4. The van der Waals surface area contributed by atoms with Crippen molar-refractivity contribution in [3.8, 4) is 0 Å². The molecule has 0 aliphatic rings. The van der Waals surface area contributed by atoms with Gasteiger partial charge in [0.1, 0.15) is 11.3 Å². The molecular weight excluding hydrogens is 326 g/mol. The highest BCUT2D eigenvalue weighted by Gasteiger charge is 2.17. The number of hydrogen-bond acceptors (Lipinski definition) is 6. The molecule has 2 heterocycles. The van der Waals surface area contributed by atoms with Crippen LogP contribution in [0.2, 0.25) is 0 Å². The lowest BCUT2D eigenvalue weighted by Gasteiger charge is -2.15. The fraction of sp³-hybridized carbons (Fsp3) is 0.167. The molecule has 0 saturated carbocycles. The average molecular weight is 341 g/mol. The standard InChI is InChI=1S/C18H15NO6/c1-19(10-12-5-4-8-23-12)17(21)11-24-18(22)16-9-14(20)13-6-2-3-7-15(13)25-16/h2-9H,10-11H2,1H3. The van der Waals surface area contributed by atoms with E-state index in [1.807, 2.05) is 0 Å². The Balaban J connectivity index is 1.64. The van der Waals surface area contributed by atoms with Crippen LogP contribution in [0.5, 0.6) is 0 Å². The zero-order valence-corrected chi connectivity index (χ0v) is 13.4. The number of rotatable bonds is 5. The first kappa shape index (κ1) is 16.5. The predicted molar refractivity (Wildman–Crippen MR) is 87.9 cm³/mol. The lowest BCUT2D eigenvalue weighted by Crippen LogP contribution is -2.30. The van der Waals surface area contributed by atoms with E-state index < -0.39 is 18.5 Å². The van der Waals surface area contributed by atoms with Gasteiger partial charge in [-0.25, -0.2) is 4.79 Å². The maximum atomic E-state index is 12.0. The van der Waals surface area contributed by atoms with Crippen LogP contribution in [0.15, 0.2) is 62.4 Å². The predicted octanol–water partition coefficient (Wildman–Crippen LogP) is 2.20. The van der Waals surface area contributed by atoms with E-state index in [-0.39, 0.29) is 23.3 Å². The average Bonchev–Trinajstić information content (AvgIpc) is 3.12. The number of esters is 1. The summed E-state index contributed by atoms with van der Waals surface area (Å²) in [6.45, 7) is -0.207. The van der Waals surface area contributed by atoms with E-state index in [0.29, 0.717) is 11.1 Å². The first-order valence-electron chi connectivity index (χ1n) is 7.51. The fourth-order valence-corrected chi connectivity index (χ4v) is 2.24. The number of ether oxygens (including phenoxy) is 1. The van der Waals surface area contributed by atoms with Crippen LogP contribution in [0.25, 0.3) is 11.0 Å². The summed E-state index contributed by atoms with van der Waals surface area (Å²) in [7, 11) is 1.56. The minimum atomic E-state index is -0.873. The molecule has 0 bridgehead atoms. The van der Waals surface area contributed by atoms with Gasteiger partial charge in [-0.15, -0.1) is 0 Å². The number of carbonyl (C=O) groups is 2. The molecule has 25 heavy (non-hydrogen) atoms. The van der Waals surface area contributed by atoms with Crippen LogP contribution in [0.4, 0.5) is 0 Å². The monoisotopic (exact) mass is 341 g/mol. The first-order valence-corrected chi connectivity index (χ1v) is 7.51. The second-order valence-electron chi connectivity index (χ2n) is 5.38. The van der Waals surface area contributed by atoms with Gasteiger partial charge in [0.05, 0.1) is 18.2 Å². The second-order valence-corrected chi connectivity index (χ2v) is 5.38. The Kier molecular flexibility index (Phi) is 4.65. The third-order valence-electron chi connectivity index (χ3n) is 3.56. The van der Waals surface area contributed by atoms with Crippen molar-refractivity contribution in [1.82, 2.24) is 4.90 Å². The Labute approximate surface area is 142 Å². The number of amides is 1. The molecule has 0 saturated heterocycles. The van der Waals surface area contributed by atoms with Crippen molar-refractivity contribution in [2.24, 2.45) is 0 Å². The van der Waals surface area contributed by atoms with Crippen LogP contribution in [0.3, 0.4) is 0 Å². The van der Waals surface area contributed by atoms with E-state index in [9.17, 15) is 14.4 Å². The highest BCUT2D eigenvalue weighted by molar-refractivity contribution is 5.90. The summed E-state index contributed by atoms with van der Waals surface area (Å²) >= 11 is 0. The van der Waals surface area contributed by atoms with Gasteiger partial charge in [-0.1, -0.05) is 12.1 Å². The third kappa shape index (κ3) is 3.77. The molecule has 0 radical (unpaired) electrons. The van der Waals surface area contributed by atoms with Crippen molar-refractivity contribution in [3.05, 3.63) is 70.5 Å². The van der Waals surface area contributed by atoms with Crippen LogP contribution in [-0.2, 0) is 16.1 Å². The van der Waals surface area contributed by atoms with Crippen molar-refractivity contribution in [2.45, 2.75) is 6.54 Å². The van der Waals surface area contributed by atoms with E-state index in [0.717, 1.165) is 6.07 Å². The van der Waals surface area contributed by atoms with Crippen molar-refractivity contribution in [1.29, 1.82) is 0 Å². The zero-order valence-electron chi connectivity index (χ0n) is 13.4. The van der Waals surface area contributed by atoms with Crippen LogP contribution < -0.4 is 5.43 Å². The Morgan fingerprint density at radius 1 is 1.16 bits per heavy atom. The molecule has 0 spiro atoms. The van der Waals surface area contributed by atoms with E-state index in [4.69, 9.17) is 13.6 Å². The van der Waals surface area contributed by atoms with E-state index in [1.165, 1.54) is 11.2 Å². The molecule has 1 aromatic carbocycles. The highest BCUT2D eigenvalue weighted by Crippen LogP contribution is 2.12. The largest absolute Gasteiger partial charge is 0.467 e. The Morgan fingerprint density at radius 3 is 2.72 bits per heavy atom. The van der Waals surface area contributed by atoms with Gasteiger partial charge in [-0.05, 0) is 24.3 Å². The maximum Gasteiger partial charge on any atom is 0.374 e. The molecule has 0 unspecified atom stereocenters. The number of fused-ring (bicyclic) bond motifs is 1. The highest BCUT2D eigenvalue weighted by atomic mass is 16.5. The molecule has 0 aliphatic heterocycles. The Morgan fingerprint density at radius 2 is 1.96 bits per heavy atom. The minimum Gasteiger partial charge on any atom is -0.467 e. The number of benzene rings is 1. The van der Waals surface area contributed by atoms with Crippen molar-refractivity contribution in [2.75, 3.05) is 13.7 Å². The molecule has 1 amide bonds. The zero-order chi connectivity index (χ0) is 17.8. The number of nitrogens with zero attached hydrogens (tertiary/aromatic N) is 1. The lowest BCUT2D eigenvalue weighted by molar-refractivity contribution is -0.134. The van der Waals surface area contributed by atoms with Gasteiger partial charge in [0.15, 0.2) is 12.0 Å². The Hall–Kier alpha value is -3.35. The second kappa shape index (κ2) is 7.04. The summed E-state index contributed by atoms with van der Waals surface area (Å²) in [5.41, 5.74) is -0.0710. The number of furan rings is 1. The summed E-state index contributed by atoms with van der Waals surface area (Å²) in [6.07, 6.45) is 1.51. The summed E-state index contributed by atoms with van der Waals surface area (Å²) in [6, 6.07) is 11.1. The SMILES string of the molecule is CN(Cc1ccco1)C(=O)COC(=O)c1cc(=O)c2ccccc2o1. The van der Waals surface area contributed by atoms with E-state index in [2.05, 4.69) is 0 Å². The topological polar surface area (TPSA) is 90.0 Å². The number of carbonyl (C=O) groups excluding carboxylic acids is 2. The number of hydrogen-bond donors (Lipinski definition) is 0. The van der Waals surface area contributed by atoms with Gasteiger partial charge >= 0.3 is 5.97 Å². The van der Waals surface area contributed by atoms with Crippen molar-refractivity contribution < 1.29 is 23.2 Å². The molecule has 7 nitrogen and oxygen atoms in total. The molecule has 0 atom stereocenters. The maximum absolute atomic E-state index is 12.0.